The number of hydrogen-bond acceptors (Lipinski definition) is 6. The molecule has 9 heteroatoms. The molecule has 0 saturated heterocycles. The Morgan fingerprint density at radius 3 is 2.77 bits per heavy atom. The predicted octanol–water partition coefficient (Wildman–Crippen LogP) is 2.15. The van der Waals surface area contributed by atoms with Gasteiger partial charge in [0.05, 0.1) is 11.6 Å². The van der Waals surface area contributed by atoms with Gasteiger partial charge in [-0.2, -0.15) is 5.26 Å². The number of aromatic amines is 1. The fourth-order valence-corrected chi connectivity index (χ4v) is 3.89. The van der Waals surface area contributed by atoms with Gasteiger partial charge in [-0.25, -0.2) is 4.79 Å². The van der Waals surface area contributed by atoms with Gasteiger partial charge < -0.3 is 10.5 Å². The number of nitrogens with two attached hydrogens (primary N) is 1. The molecule has 9 nitrogen and oxygen atoms in total. The Morgan fingerprint density at radius 2 is 2.10 bits per heavy atom. The van der Waals surface area contributed by atoms with Crippen LogP contribution in [0, 0.1) is 11.3 Å². The van der Waals surface area contributed by atoms with Crippen LogP contribution in [0.25, 0.3) is 0 Å². The third kappa shape index (κ3) is 4.97. The number of H-pyrrole nitrogens is 1. The number of ether oxygens (including phenoxy) is 1. The minimum absolute atomic E-state index is 0.00183. The number of carbonyl (C=O) groups excluding carboxylic acids is 1. The number of anilines is 2. The average Bonchev–Trinajstić information content (AvgIpc) is 3.29. The molecular weight excluding hydrogens is 398 g/mol. The van der Waals surface area contributed by atoms with E-state index < -0.39 is 17.2 Å². The van der Waals surface area contributed by atoms with Gasteiger partial charge in [-0.1, -0.05) is 32.3 Å². The highest BCUT2D eigenvalue weighted by atomic mass is 16.5. The highest BCUT2D eigenvalue weighted by molar-refractivity contribution is 5.97. The monoisotopic (exact) mass is 425 g/mol. The van der Waals surface area contributed by atoms with E-state index in [4.69, 9.17) is 15.7 Å². The summed E-state index contributed by atoms with van der Waals surface area (Å²) in [5.74, 6) is -0.0466. The van der Waals surface area contributed by atoms with E-state index in [9.17, 15) is 14.4 Å². The number of rotatable bonds is 8. The van der Waals surface area contributed by atoms with E-state index in [1.807, 2.05) is 13.0 Å². The van der Waals surface area contributed by atoms with Crippen molar-refractivity contribution in [1.29, 1.82) is 5.26 Å². The zero-order valence-electron chi connectivity index (χ0n) is 17.6. The number of nitrogens with zero attached hydrogens (tertiary/aromatic N) is 3. The molecule has 1 amide bonds. The molecule has 0 radical (unpaired) electrons. The van der Waals surface area contributed by atoms with E-state index in [1.54, 1.807) is 24.3 Å². The quantitative estimate of drug-likeness (QED) is 0.665. The molecule has 1 saturated carbocycles. The zero-order chi connectivity index (χ0) is 22.4. The van der Waals surface area contributed by atoms with E-state index in [-0.39, 0.29) is 24.2 Å². The molecule has 3 rings (SSSR count). The van der Waals surface area contributed by atoms with Crippen LogP contribution in [0.3, 0.4) is 0 Å². The lowest BCUT2D eigenvalue weighted by Crippen LogP contribution is -2.47. The molecule has 31 heavy (non-hydrogen) atoms. The van der Waals surface area contributed by atoms with Crippen molar-refractivity contribution in [3.05, 3.63) is 50.7 Å². The van der Waals surface area contributed by atoms with Crippen molar-refractivity contribution in [3.8, 4) is 11.8 Å². The number of carbonyl (C=O) groups is 1. The normalized spacial score (nSPS) is 13.7. The Kier molecular flexibility index (Phi) is 7.13. The Balaban J connectivity index is 1.94. The van der Waals surface area contributed by atoms with Crippen molar-refractivity contribution in [3.63, 3.8) is 0 Å². The number of nitrogens with one attached hydrogen (secondary N) is 1. The standard InChI is InChI=1S/C22H27N5O4/c1-2-3-11-26-20(24)19(21(29)25-22(26)30)27(16-8-4-5-9-16)18(28)14-31-17-10-6-7-15(12-17)13-23/h6-7,10,12,16H,2-5,8-9,11,14,24H2,1H3,(H,25,29,30). The molecule has 0 bridgehead atoms. The largest absolute Gasteiger partial charge is 0.484 e. The summed E-state index contributed by atoms with van der Waals surface area (Å²) in [5, 5.41) is 9.03. The topological polar surface area (TPSA) is 134 Å². The summed E-state index contributed by atoms with van der Waals surface area (Å²) >= 11 is 0. The van der Waals surface area contributed by atoms with E-state index in [0.717, 1.165) is 32.1 Å². The lowest BCUT2D eigenvalue weighted by Gasteiger charge is -2.29. The van der Waals surface area contributed by atoms with Crippen molar-refractivity contribution < 1.29 is 9.53 Å². The maximum absolute atomic E-state index is 13.2. The summed E-state index contributed by atoms with van der Waals surface area (Å²) in [6.45, 7) is 2.02. The van der Waals surface area contributed by atoms with Gasteiger partial charge in [-0.05, 0) is 37.5 Å². The number of hydrogen-bond donors (Lipinski definition) is 2. The third-order valence-corrected chi connectivity index (χ3v) is 5.47. The van der Waals surface area contributed by atoms with Gasteiger partial charge >= 0.3 is 5.69 Å². The van der Waals surface area contributed by atoms with Crippen LogP contribution in [-0.2, 0) is 11.3 Å². The van der Waals surface area contributed by atoms with Crippen LogP contribution in [0.2, 0.25) is 0 Å². The Morgan fingerprint density at radius 1 is 1.35 bits per heavy atom. The molecule has 0 aliphatic heterocycles. The van der Waals surface area contributed by atoms with E-state index >= 15 is 0 Å². The minimum Gasteiger partial charge on any atom is -0.484 e. The molecule has 1 fully saturated rings. The molecule has 1 heterocycles. The molecular formula is C22H27N5O4. The van der Waals surface area contributed by atoms with Gasteiger partial charge in [-0.15, -0.1) is 0 Å². The van der Waals surface area contributed by atoms with Gasteiger partial charge in [-0.3, -0.25) is 24.0 Å². The second kappa shape index (κ2) is 9.98. The van der Waals surface area contributed by atoms with Crippen molar-refractivity contribution in [1.82, 2.24) is 9.55 Å². The number of nitriles is 1. The van der Waals surface area contributed by atoms with Crippen molar-refractivity contribution in [2.75, 3.05) is 17.2 Å². The number of aromatic nitrogens is 2. The van der Waals surface area contributed by atoms with Crippen molar-refractivity contribution >= 4 is 17.4 Å². The Hall–Kier alpha value is -3.54. The van der Waals surface area contributed by atoms with Crippen LogP contribution in [0.5, 0.6) is 5.75 Å². The zero-order valence-corrected chi connectivity index (χ0v) is 17.6. The molecule has 0 atom stereocenters. The second-order valence-electron chi connectivity index (χ2n) is 7.63. The molecule has 1 aromatic heterocycles. The van der Waals surface area contributed by atoms with E-state index in [2.05, 4.69) is 4.98 Å². The first-order valence-corrected chi connectivity index (χ1v) is 10.5. The molecule has 0 unspecified atom stereocenters. The molecule has 1 aliphatic carbocycles. The van der Waals surface area contributed by atoms with Crippen molar-refractivity contribution in [2.24, 2.45) is 0 Å². The highest BCUT2D eigenvalue weighted by Crippen LogP contribution is 2.29. The summed E-state index contributed by atoms with van der Waals surface area (Å²) in [6, 6.07) is 8.33. The summed E-state index contributed by atoms with van der Waals surface area (Å²) in [5.41, 5.74) is 5.41. The molecule has 2 aromatic rings. The van der Waals surface area contributed by atoms with Gasteiger partial charge in [0.15, 0.2) is 12.3 Å². The van der Waals surface area contributed by atoms with E-state index in [1.165, 1.54) is 9.47 Å². The molecule has 164 valence electrons. The SMILES string of the molecule is CCCCn1c(N)c(N(C(=O)COc2cccc(C#N)c2)C2CCCC2)c(=O)[nH]c1=O. The van der Waals surface area contributed by atoms with Gasteiger partial charge in [0.1, 0.15) is 11.6 Å². The van der Waals surface area contributed by atoms with Crippen LogP contribution in [0.1, 0.15) is 51.0 Å². The second-order valence-corrected chi connectivity index (χ2v) is 7.63. The summed E-state index contributed by atoms with van der Waals surface area (Å²) < 4.78 is 6.92. The summed E-state index contributed by atoms with van der Waals surface area (Å²) in [7, 11) is 0. The smallest absolute Gasteiger partial charge is 0.330 e. The minimum atomic E-state index is -0.679. The first-order valence-electron chi connectivity index (χ1n) is 10.5. The molecule has 0 spiro atoms. The third-order valence-electron chi connectivity index (χ3n) is 5.47. The van der Waals surface area contributed by atoms with Crippen LogP contribution in [0.15, 0.2) is 33.9 Å². The lowest BCUT2D eigenvalue weighted by atomic mass is 10.2. The first kappa shape index (κ1) is 22.2. The summed E-state index contributed by atoms with van der Waals surface area (Å²) in [4.78, 5) is 41.9. The number of nitrogen functional groups attached to an aromatic ring is 1. The maximum Gasteiger partial charge on any atom is 0.330 e. The highest BCUT2D eigenvalue weighted by Gasteiger charge is 2.32. The fourth-order valence-electron chi connectivity index (χ4n) is 3.89. The molecule has 1 aliphatic rings. The Bertz CT molecular complexity index is 1090. The van der Waals surface area contributed by atoms with Crippen LogP contribution in [0.4, 0.5) is 11.5 Å². The van der Waals surface area contributed by atoms with Gasteiger partial charge in [0.25, 0.3) is 11.5 Å². The first-order chi connectivity index (χ1) is 15.0. The van der Waals surface area contributed by atoms with Gasteiger partial charge in [0.2, 0.25) is 0 Å². The lowest BCUT2D eigenvalue weighted by molar-refractivity contribution is -0.121. The van der Waals surface area contributed by atoms with Gasteiger partial charge in [0, 0.05) is 12.6 Å². The van der Waals surface area contributed by atoms with Crippen molar-refractivity contribution in [2.45, 2.75) is 58.0 Å². The van der Waals surface area contributed by atoms with E-state index in [0.29, 0.717) is 24.3 Å². The number of unbranched alkanes of at least 4 members (excludes halogenated alkanes) is 1. The Labute approximate surface area is 180 Å². The maximum atomic E-state index is 13.2. The fraction of sp³-hybridized carbons (Fsp3) is 0.455. The predicted molar refractivity (Wildman–Crippen MR) is 117 cm³/mol. The summed E-state index contributed by atoms with van der Waals surface area (Å²) in [6.07, 6.45) is 4.91. The van der Waals surface area contributed by atoms with Crippen LogP contribution < -0.4 is 26.6 Å². The number of benzene rings is 1. The molecule has 1 aromatic carbocycles. The number of amides is 1. The van der Waals surface area contributed by atoms with Crippen LogP contribution in [-0.4, -0.2) is 28.1 Å². The molecule has 3 N–H and O–H groups in total. The van der Waals surface area contributed by atoms with Crippen LogP contribution >= 0.6 is 0 Å². The average molecular weight is 425 g/mol.